The molecule has 0 bridgehead atoms. The van der Waals surface area contributed by atoms with Gasteiger partial charge in [-0.15, -0.1) is 0 Å². The molecule has 26 heavy (non-hydrogen) atoms. The molecular formula is C19H19N3O4. The molecule has 1 atom stereocenters. The van der Waals surface area contributed by atoms with Gasteiger partial charge in [-0.1, -0.05) is 12.1 Å². The lowest BCUT2D eigenvalue weighted by Gasteiger charge is -2.17. The van der Waals surface area contributed by atoms with Crippen molar-refractivity contribution in [2.75, 3.05) is 16.8 Å². The molecule has 0 aromatic heterocycles. The van der Waals surface area contributed by atoms with Crippen LogP contribution in [-0.4, -0.2) is 23.3 Å². The number of hydrogen-bond acceptors (Lipinski definition) is 4. The number of nitro benzene ring substituents is 1. The Bertz CT molecular complexity index is 877. The highest BCUT2D eigenvalue weighted by Crippen LogP contribution is 2.28. The minimum absolute atomic E-state index is 0.0374. The third kappa shape index (κ3) is 3.56. The normalized spacial score (nSPS) is 16.6. The second-order valence-corrected chi connectivity index (χ2v) is 6.49. The summed E-state index contributed by atoms with van der Waals surface area (Å²) < 4.78 is 0. The summed E-state index contributed by atoms with van der Waals surface area (Å²) in [6.07, 6.45) is 0.119. The van der Waals surface area contributed by atoms with Gasteiger partial charge in [-0.05, 0) is 43.2 Å². The van der Waals surface area contributed by atoms with E-state index in [1.165, 1.54) is 29.2 Å². The standard InChI is InChI=1S/C19H19N3O4/c1-12-3-4-13(2)17(9-12)20-19(24)14-10-18(23)21(11-14)15-5-7-16(8-6-15)22(25)26/h3-9,14H,10-11H2,1-2H3,(H,20,24)/t14-/m0/s1. The number of nitrogens with one attached hydrogen (secondary N) is 1. The zero-order valence-electron chi connectivity index (χ0n) is 14.6. The molecule has 134 valence electrons. The van der Waals surface area contributed by atoms with Crippen LogP contribution in [0.4, 0.5) is 17.1 Å². The number of aryl methyl sites for hydroxylation is 2. The first-order chi connectivity index (χ1) is 12.3. The first-order valence-corrected chi connectivity index (χ1v) is 8.28. The molecule has 1 saturated heterocycles. The molecule has 0 unspecified atom stereocenters. The number of hydrogen-bond donors (Lipinski definition) is 1. The van der Waals surface area contributed by atoms with Gasteiger partial charge in [0.25, 0.3) is 5.69 Å². The molecule has 1 aliphatic heterocycles. The molecule has 0 radical (unpaired) electrons. The predicted molar refractivity (Wildman–Crippen MR) is 98.1 cm³/mol. The van der Waals surface area contributed by atoms with Crippen molar-refractivity contribution in [1.82, 2.24) is 0 Å². The molecule has 2 aromatic carbocycles. The number of carbonyl (C=O) groups is 2. The lowest BCUT2D eigenvalue weighted by Crippen LogP contribution is -2.28. The van der Waals surface area contributed by atoms with Crippen LogP contribution in [0.15, 0.2) is 42.5 Å². The van der Waals surface area contributed by atoms with Crippen molar-refractivity contribution in [2.24, 2.45) is 5.92 Å². The summed E-state index contributed by atoms with van der Waals surface area (Å²) in [7, 11) is 0. The third-order valence-electron chi connectivity index (χ3n) is 4.52. The highest BCUT2D eigenvalue weighted by atomic mass is 16.6. The van der Waals surface area contributed by atoms with Crippen molar-refractivity contribution in [3.8, 4) is 0 Å². The van der Waals surface area contributed by atoms with E-state index in [0.717, 1.165) is 16.8 Å². The Labute approximate surface area is 150 Å². The maximum absolute atomic E-state index is 12.6. The first-order valence-electron chi connectivity index (χ1n) is 8.28. The van der Waals surface area contributed by atoms with Crippen LogP contribution in [0, 0.1) is 29.9 Å². The number of nitro groups is 1. The molecule has 0 spiro atoms. The number of rotatable bonds is 4. The molecule has 2 amide bonds. The molecule has 1 heterocycles. The van der Waals surface area contributed by atoms with E-state index in [0.29, 0.717) is 5.69 Å². The van der Waals surface area contributed by atoms with Gasteiger partial charge in [0.2, 0.25) is 11.8 Å². The number of carbonyl (C=O) groups excluding carboxylic acids is 2. The van der Waals surface area contributed by atoms with Gasteiger partial charge in [0, 0.05) is 36.5 Å². The largest absolute Gasteiger partial charge is 0.326 e. The molecule has 0 aliphatic carbocycles. The van der Waals surface area contributed by atoms with Crippen LogP contribution in [0.5, 0.6) is 0 Å². The van der Waals surface area contributed by atoms with E-state index < -0.39 is 10.8 Å². The van der Waals surface area contributed by atoms with E-state index >= 15 is 0 Å². The number of non-ortho nitro benzene ring substituents is 1. The predicted octanol–water partition coefficient (Wildman–Crippen LogP) is 3.20. The van der Waals surface area contributed by atoms with Crippen LogP contribution >= 0.6 is 0 Å². The molecular weight excluding hydrogens is 334 g/mol. The third-order valence-corrected chi connectivity index (χ3v) is 4.52. The summed E-state index contributed by atoms with van der Waals surface area (Å²) in [5.41, 5.74) is 3.27. The van der Waals surface area contributed by atoms with E-state index in [4.69, 9.17) is 0 Å². The number of amides is 2. The Kier molecular flexibility index (Phi) is 4.71. The van der Waals surface area contributed by atoms with Crippen LogP contribution in [-0.2, 0) is 9.59 Å². The average Bonchev–Trinajstić information content (AvgIpc) is 3.00. The van der Waals surface area contributed by atoms with Crippen molar-refractivity contribution in [1.29, 1.82) is 0 Å². The summed E-state index contributed by atoms with van der Waals surface area (Å²) in [6.45, 7) is 4.12. The van der Waals surface area contributed by atoms with Gasteiger partial charge in [-0.3, -0.25) is 19.7 Å². The van der Waals surface area contributed by atoms with E-state index in [1.54, 1.807) is 0 Å². The van der Waals surface area contributed by atoms with E-state index in [9.17, 15) is 19.7 Å². The minimum Gasteiger partial charge on any atom is -0.326 e. The first kappa shape index (κ1) is 17.6. The molecule has 7 nitrogen and oxygen atoms in total. The highest BCUT2D eigenvalue weighted by molar-refractivity contribution is 6.03. The van der Waals surface area contributed by atoms with Crippen LogP contribution in [0.25, 0.3) is 0 Å². The highest BCUT2D eigenvalue weighted by Gasteiger charge is 2.35. The van der Waals surface area contributed by atoms with Gasteiger partial charge in [0.05, 0.1) is 10.8 Å². The Morgan fingerprint density at radius 1 is 1.19 bits per heavy atom. The van der Waals surface area contributed by atoms with E-state index in [2.05, 4.69) is 5.32 Å². The van der Waals surface area contributed by atoms with Crippen molar-refractivity contribution in [2.45, 2.75) is 20.3 Å². The van der Waals surface area contributed by atoms with Crippen LogP contribution < -0.4 is 10.2 Å². The molecule has 2 aromatic rings. The Morgan fingerprint density at radius 2 is 1.88 bits per heavy atom. The number of benzene rings is 2. The van der Waals surface area contributed by atoms with E-state index in [1.807, 2.05) is 32.0 Å². The molecule has 1 N–H and O–H groups in total. The molecule has 1 aliphatic rings. The van der Waals surface area contributed by atoms with Gasteiger partial charge < -0.3 is 10.2 Å². The van der Waals surface area contributed by atoms with Gasteiger partial charge >= 0.3 is 0 Å². The topological polar surface area (TPSA) is 92.6 Å². The van der Waals surface area contributed by atoms with Crippen LogP contribution in [0.3, 0.4) is 0 Å². The molecule has 0 saturated carbocycles. The summed E-state index contributed by atoms with van der Waals surface area (Å²) in [5.74, 6) is -0.825. The average molecular weight is 353 g/mol. The Hall–Kier alpha value is -3.22. The van der Waals surface area contributed by atoms with Crippen molar-refractivity contribution in [3.05, 3.63) is 63.7 Å². The van der Waals surface area contributed by atoms with Gasteiger partial charge in [-0.2, -0.15) is 0 Å². The van der Waals surface area contributed by atoms with Crippen molar-refractivity contribution >= 4 is 28.9 Å². The Balaban J connectivity index is 1.71. The monoisotopic (exact) mass is 353 g/mol. The summed E-state index contributed by atoms with van der Waals surface area (Å²) >= 11 is 0. The second-order valence-electron chi connectivity index (χ2n) is 6.49. The fourth-order valence-corrected chi connectivity index (χ4v) is 2.99. The summed E-state index contributed by atoms with van der Waals surface area (Å²) in [4.78, 5) is 36.6. The zero-order chi connectivity index (χ0) is 18.8. The molecule has 3 rings (SSSR count). The van der Waals surface area contributed by atoms with Crippen molar-refractivity contribution < 1.29 is 14.5 Å². The maximum Gasteiger partial charge on any atom is 0.269 e. The fourth-order valence-electron chi connectivity index (χ4n) is 2.99. The van der Waals surface area contributed by atoms with Crippen LogP contribution in [0.1, 0.15) is 17.5 Å². The molecule has 1 fully saturated rings. The second kappa shape index (κ2) is 6.95. The van der Waals surface area contributed by atoms with Gasteiger partial charge in [0.15, 0.2) is 0 Å². The smallest absolute Gasteiger partial charge is 0.269 e. The lowest BCUT2D eigenvalue weighted by molar-refractivity contribution is -0.384. The van der Waals surface area contributed by atoms with Gasteiger partial charge in [0.1, 0.15) is 0 Å². The molecule has 7 heteroatoms. The summed E-state index contributed by atoms with van der Waals surface area (Å²) in [6, 6.07) is 11.6. The number of anilines is 2. The quantitative estimate of drug-likeness (QED) is 0.675. The maximum atomic E-state index is 12.6. The number of nitrogens with zero attached hydrogens (tertiary/aromatic N) is 2. The van der Waals surface area contributed by atoms with E-state index in [-0.39, 0.29) is 30.5 Å². The van der Waals surface area contributed by atoms with Crippen molar-refractivity contribution in [3.63, 3.8) is 0 Å². The SMILES string of the molecule is Cc1ccc(C)c(NC(=O)[C@H]2CC(=O)N(c3ccc([N+](=O)[O-])cc3)C2)c1. The minimum atomic E-state index is -0.490. The summed E-state index contributed by atoms with van der Waals surface area (Å²) in [5, 5.41) is 13.6. The lowest BCUT2D eigenvalue weighted by atomic mass is 10.1. The van der Waals surface area contributed by atoms with Crippen LogP contribution in [0.2, 0.25) is 0 Å². The Morgan fingerprint density at radius 3 is 2.54 bits per heavy atom. The van der Waals surface area contributed by atoms with Gasteiger partial charge in [-0.25, -0.2) is 0 Å². The zero-order valence-corrected chi connectivity index (χ0v) is 14.6. The fraction of sp³-hybridized carbons (Fsp3) is 0.263.